The van der Waals surface area contributed by atoms with E-state index in [1.807, 2.05) is 26.0 Å². The van der Waals surface area contributed by atoms with Gasteiger partial charge in [-0.1, -0.05) is 26.0 Å². The first kappa shape index (κ1) is 25.9. The molecule has 7 heteroatoms. The van der Waals surface area contributed by atoms with Gasteiger partial charge in [0, 0.05) is 29.9 Å². The van der Waals surface area contributed by atoms with Crippen molar-refractivity contribution in [3.8, 4) is 5.75 Å². The number of carbonyl (C=O) groups excluding carboxylic acids is 1. The number of hydrogen-bond donors (Lipinski definition) is 1. The number of methoxy groups -OCH3 is 1. The molecule has 2 aromatic rings. The minimum atomic E-state index is -1.000. The van der Waals surface area contributed by atoms with Crippen molar-refractivity contribution in [3.05, 3.63) is 70.9 Å². The number of allylic oxidation sites excluding steroid dienone is 1. The van der Waals surface area contributed by atoms with Crippen molar-refractivity contribution in [2.24, 2.45) is 9.98 Å². The molecule has 0 aromatic heterocycles. The Morgan fingerprint density at radius 2 is 1.91 bits per heavy atom. The topological polar surface area (TPSA) is 63.0 Å². The Kier molecular flexibility index (Phi) is 9.45. The third-order valence-electron chi connectivity index (χ3n) is 5.25. The molecule has 2 rings (SSSR count). The number of halogens is 2. The number of anilines is 1. The average molecular weight is 456 g/mol. The predicted molar refractivity (Wildman–Crippen MR) is 131 cm³/mol. The standard InChI is InChI=1S/C26H31F2N3O2/c1-7-13-29-26(31-20-9-10-22(18(5)32)19(8-2)14-20)17(4)30-15-16(3)21-11-12-23(33-6)25(28)24(21)27/h7,9-14,16H,8,15H2,1-6H3,(H,29,31)/b13-7-,30-17?. The number of ketones is 1. The Morgan fingerprint density at radius 1 is 1.18 bits per heavy atom. The number of aliphatic imine (C=N–C) groups is 2. The quantitative estimate of drug-likeness (QED) is 0.272. The highest BCUT2D eigenvalue weighted by Crippen LogP contribution is 2.27. The summed E-state index contributed by atoms with van der Waals surface area (Å²) in [6.07, 6.45) is 4.16. The molecule has 0 bridgehead atoms. The van der Waals surface area contributed by atoms with Gasteiger partial charge in [0.1, 0.15) is 0 Å². The fourth-order valence-corrected chi connectivity index (χ4v) is 3.34. The van der Waals surface area contributed by atoms with Crippen LogP contribution in [0.3, 0.4) is 0 Å². The molecule has 1 N–H and O–H groups in total. The lowest BCUT2D eigenvalue weighted by molar-refractivity contribution is 0.101. The first-order valence-electron chi connectivity index (χ1n) is 10.9. The van der Waals surface area contributed by atoms with Crippen molar-refractivity contribution in [2.75, 3.05) is 19.0 Å². The van der Waals surface area contributed by atoms with Gasteiger partial charge in [-0.05, 0) is 62.6 Å². The van der Waals surface area contributed by atoms with Crippen LogP contribution in [-0.2, 0) is 6.42 Å². The zero-order valence-electron chi connectivity index (χ0n) is 20.0. The van der Waals surface area contributed by atoms with E-state index in [4.69, 9.17) is 4.74 Å². The molecule has 0 aliphatic heterocycles. The lowest BCUT2D eigenvalue weighted by atomic mass is 10.00. The minimum Gasteiger partial charge on any atom is -0.494 e. The van der Waals surface area contributed by atoms with Crippen LogP contribution in [-0.4, -0.2) is 31.0 Å². The Bertz CT molecular complexity index is 1090. The van der Waals surface area contributed by atoms with E-state index in [0.29, 0.717) is 17.1 Å². The number of ether oxygens (including phenoxy) is 1. The second-order valence-electron chi connectivity index (χ2n) is 7.68. The molecule has 0 aliphatic carbocycles. The average Bonchev–Trinajstić information content (AvgIpc) is 2.81. The van der Waals surface area contributed by atoms with E-state index >= 15 is 0 Å². The van der Waals surface area contributed by atoms with Crippen LogP contribution in [0.15, 0.2) is 52.6 Å². The molecule has 0 heterocycles. The molecule has 33 heavy (non-hydrogen) atoms. The normalized spacial score (nSPS) is 13.3. The minimum absolute atomic E-state index is 0.0233. The van der Waals surface area contributed by atoms with Crippen molar-refractivity contribution in [1.29, 1.82) is 0 Å². The second kappa shape index (κ2) is 12.0. The first-order valence-corrected chi connectivity index (χ1v) is 10.9. The Balaban J connectivity index is 2.27. The van der Waals surface area contributed by atoms with Gasteiger partial charge in [-0.25, -0.2) is 9.38 Å². The molecular weight excluding hydrogens is 424 g/mol. The molecule has 176 valence electrons. The highest BCUT2D eigenvalue weighted by molar-refractivity contribution is 6.44. The number of amidine groups is 1. The Hall–Kier alpha value is -3.35. The summed E-state index contributed by atoms with van der Waals surface area (Å²) in [5.41, 5.74) is 3.27. The van der Waals surface area contributed by atoms with Gasteiger partial charge in [-0.15, -0.1) is 0 Å². The van der Waals surface area contributed by atoms with Crippen LogP contribution in [0.5, 0.6) is 5.75 Å². The number of nitrogens with zero attached hydrogens (tertiary/aromatic N) is 2. The molecule has 5 nitrogen and oxygen atoms in total. The molecule has 0 amide bonds. The van der Waals surface area contributed by atoms with Gasteiger partial charge >= 0.3 is 0 Å². The first-order chi connectivity index (χ1) is 15.7. The van der Waals surface area contributed by atoms with Crippen molar-refractivity contribution in [3.63, 3.8) is 0 Å². The molecular formula is C26H31F2N3O2. The van der Waals surface area contributed by atoms with E-state index < -0.39 is 11.6 Å². The molecule has 1 atom stereocenters. The molecule has 0 saturated carbocycles. The molecule has 0 fully saturated rings. The molecule has 0 aliphatic rings. The van der Waals surface area contributed by atoms with Crippen LogP contribution in [0.4, 0.5) is 14.5 Å². The van der Waals surface area contributed by atoms with Gasteiger partial charge in [0.15, 0.2) is 23.2 Å². The monoisotopic (exact) mass is 455 g/mol. The maximum absolute atomic E-state index is 14.4. The third-order valence-corrected chi connectivity index (χ3v) is 5.25. The maximum atomic E-state index is 14.4. The molecule has 1 unspecified atom stereocenters. The Labute approximate surface area is 194 Å². The van der Waals surface area contributed by atoms with Crippen molar-refractivity contribution in [2.45, 2.75) is 47.0 Å². The van der Waals surface area contributed by atoms with E-state index in [0.717, 1.165) is 17.7 Å². The van der Waals surface area contributed by atoms with Gasteiger partial charge in [-0.3, -0.25) is 9.79 Å². The van der Waals surface area contributed by atoms with Crippen LogP contribution in [0, 0.1) is 11.6 Å². The summed E-state index contributed by atoms with van der Waals surface area (Å²) in [4.78, 5) is 20.8. The molecule has 0 radical (unpaired) electrons. The van der Waals surface area contributed by atoms with Crippen LogP contribution < -0.4 is 10.1 Å². The summed E-state index contributed by atoms with van der Waals surface area (Å²) in [6, 6.07) is 8.48. The summed E-state index contributed by atoms with van der Waals surface area (Å²) in [7, 11) is 1.30. The van der Waals surface area contributed by atoms with Crippen LogP contribution in [0.25, 0.3) is 0 Å². The molecule has 0 spiro atoms. The number of aryl methyl sites for hydroxylation is 1. The number of hydrogen-bond acceptors (Lipinski definition) is 4. The van der Waals surface area contributed by atoms with Crippen molar-refractivity contribution >= 4 is 23.0 Å². The Morgan fingerprint density at radius 3 is 2.52 bits per heavy atom. The zero-order chi connectivity index (χ0) is 24.5. The van der Waals surface area contributed by atoms with Crippen molar-refractivity contribution < 1.29 is 18.3 Å². The smallest absolute Gasteiger partial charge is 0.200 e. The third kappa shape index (κ3) is 6.57. The van der Waals surface area contributed by atoms with Gasteiger partial charge in [0.05, 0.1) is 12.8 Å². The van der Waals surface area contributed by atoms with E-state index in [1.54, 1.807) is 39.1 Å². The van der Waals surface area contributed by atoms with Gasteiger partial charge in [0.25, 0.3) is 0 Å². The SMILES string of the molecule is C/C=C\N=C(Nc1ccc(C(C)=O)c(CC)c1)C(C)=NCC(C)c1ccc(OC)c(F)c1F. The highest BCUT2D eigenvalue weighted by atomic mass is 19.2. The largest absolute Gasteiger partial charge is 0.494 e. The predicted octanol–water partition coefficient (Wildman–Crippen LogP) is 6.35. The molecule has 2 aromatic carbocycles. The number of carbonyl (C=O) groups is 1. The number of Topliss-reactive ketones (excluding diaryl/α,β-unsaturated/α-hetero) is 1. The van der Waals surface area contributed by atoms with E-state index in [-0.39, 0.29) is 29.6 Å². The van der Waals surface area contributed by atoms with E-state index in [1.165, 1.54) is 19.2 Å². The lowest BCUT2D eigenvalue weighted by Gasteiger charge is -2.15. The number of benzene rings is 2. The maximum Gasteiger partial charge on any atom is 0.200 e. The van der Waals surface area contributed by atoms with E-state index in [2.05, 4.69) is 15.3 Å². The number of nitrogens with one attached hydrogen (secondary N) is 1. The van der Waals surface area contributed by atoms with Gasteiger partial charge in [-0.2, -0.15) is 4.39 Å². The van der Waals surface area contributed by atoms with E-state index in [9.17, 15) is 13.6 Å². The summed E-state index contributed by atoms with van der Waals surface area (Å²) in [6.45, 7) is 9.23. The summed E-state index contributed by atoms with van der Waals surface area (Å²) in [5.74, 6) is -1.86. The lowest BCUT2D eigenvalue weighted by Crippen LogP contribution is -2.22. The van der Waals surface area contributed by atoms with Crippen LogP contribution in [0.2, 0.25) is 0 Å². The summed E-state index contributed by atoms with van der Waals surface area (Å²) in [5, 5.41) is 3.26. The molecule has 0 saturated heterocycles. The van der Waals surface area contributed by atoms with Crippen LogP contribution >= 0.6 is 0 Å². The second-order valence-corrected chi connectivity index (χ2v) is 7.68. The van der Waals surface area contributed by atoms with Crippen LogP contribution in [0.1, 0.15) is 62.0 Å². The fourth-order valence-electron chi connectivity index (χ4n) is 3.34. The van der Waals surface area contributed by atoms with Crippen molar-refractivity contribution in [1.82, 2.24) is 0 Å². The zero-order valence-corrected chi connectivity index (χ0v) is 20.0. The van der Waals surface area contributed by atoms with Gasteiger partial charge < -0.3 is 10.1 Å². The fraction of sp³-hybridized carbons (Fsp3) is 0.346. The highest BCUT2D eigenvalue weighted by Gasteiger charge is 2.18. The summed E-state index contributed by atoms with van der Waals surface area (Å²) >= 11 is 0. The van der Waals surface area contributed by atoms with Gasteiger partial charge in [0.2, 0.25) is 5.82 Å². The summed E-state index contributed by atoms with van der Waals surface area (Å²) < 4.78 is 33.3. The number of rotatable bonds is 9.